The third kappa shape index (κ3) is 3.82. The molecule has 21 heavy (non-hydrogen) atoms. The maximum atomic E-state index is 11.8. The number of rotatable bonds is 4. The van der Waals surface area contributed by atoms with Gasteiger partial charge < -0.3 is 10.4 Å². The van der Waals surface area contributed by atoms with Crippen LogP contribution in [0.25, 0.3) is 0 Å². The predicted octanol–water partition coefficient (Wildman–Crippen LogP) is 1.89. The molecule has 0 aliphatic rings. The van der Waals surface area contributed by atoms with Crippen molar-refractivity contribution in [2.45, 2.75) is 20.0 Å². The number of anilines is 1. The van der Waals surface area contributed by atoms with Gasteiger partial charge in [-0.2, -0.15) is 5.10 Å². The Labute approximate surface area is 123 Å². The number of carbonyl (C=O) groups is 1. The van der Waals surface area contributed by atoms with E-state index in [9.17, 15) is 9.90 Å². The number of carbonyl (C=O) groups excluding carboxylic acids is 1. The average Bonchev–Trinajstić information content (AvgIpc) is 2.75. The van der Waals surface area contributed by atoms with Gasteiger partial charge in [-0.1, -0.05) is 24.3 Å². The van der Waals surface area contributed by atoms with Crippen LogP contribution in [0.3, 0.4) is 0 Å². The molecule has 1 aromatic heterocycles. The van der Waals surface area contributed by atoms with Gasteiger partial charge in [-0.3, -0.25) is 10.00 Å². The molecule has 1 heterocycles. The number of nitrogens with one attached hydrogen (secondary N) is 2. The molecular formula is C15H20N4O2. The van der Waals surface area contributed by atoms with Gasteiger partial charge in [-0.15, -0.1) is 0 Å². The Hall–Kier alpha value is -2.34. The molecule has 0 saturated heterocycles. The summed E-state index contributed by atoms with van der Waals surface area (Å²) in [6.45, 7) is 3.97. The number of aryl methyl sites for hydroxylation is 3. The first kappa shape index (κ1) is 15.1. The zero-order valence-corrected chi connectivity index (χ0v) is 12.4. The van der Waals surface area contributed by atoms with Crippen molar-refractivity contribution < 1.29 is 9.90 Å². The van der Waals surface area contributed by atoms with Gasteiger partial charge in [0.1, 0.15) is 0 Å². The summed E-state index contributed by atoms with van der Waals surface area (Å²) in [5.41, 5.74) is 2.75. The largest absolute Gasteiger partial charge is 0.387 e. The summed E-state index contributed by atoms with van der Waals surface area (Å²) < 4.78 is 1.68. The maximum Gasteiger partial charge on any atom is 0.320 e. The standard InChI is InChI=1S/C15H20N4O2/c1-10-6-4-5-7-12(10)13(20)9-16-15(21)17-14-8-11(2)19(3)18-14/h4-8,13,20H,9H2,1-3H3,(H2,16,17,18,21). The second-order valence-corrected chi connectivity index (χ2v) is 5.00. The van der Waals surface area contributed by atoms with E-state index in [2.05, 4.69) is 15.7 Å². The molecule has 0 aliphatic carbocycles. The summed E-state index contributed by atoms with van der Waals surface area (Å²) in [6.07, 6.45) is -0.734. The third-order valence-electron chi connectivity index (χ3n) is 3.36. The summed E-state index contributed by atoms with van der Waals surface area (Å²) in [5, 5.41) is 19.5. The first-order valence-corrected chi connectivity index (χ1v) is 6.76. The molecule has 0 bridgehead atoms. The first-order chi connectivity index (χ1) is 9.97. The molecule has 1 unspecified atom stereocenters. The van der Waals surface area contributed by atoms with Crippen LogP contribution in [0.4, 0.5) is 10.6 Å². The Morgan fingerprint density at radius 3 is 2.71 bits per heavy atom. The van der Waals surface area contributed by atoms with E-state index < -0.39 is 6.10 Å². The third-order valence-corrected chi connectivity index (χ3v) is 3.36. The number of aliphatic hydroxyl groups excluding tert-OH is 1. The molecular weight excluding hydrogens is 268 g/mol. The van der Waals surface area contributed by atoms with Gasteiger partial charge in [-0.05, 0) is 25.0 Å². The molecule has 112 valence electrons. The smallest absolute Gasteiger partial charge is 0.320 e. The van der Waals surface area contributed by atoms with Crippen molar-refractivity contribution in [3.8, 4) is 0 Å². The van der Waals surface area contributed by atoms with Crippen molar-refractivity contribution in [3.63, 3.8) is 0 Å². The zero-order valence-electron chi connectivity index (χ0n) is 12.4. The molecule has 6 heteroatoms. The number of hydrogen-bond acceptors (Lipinski definition) is 3. The van der Waals surface area contributed by atoms with E-state index in [0.29, 0.717) is 5.82 Å². The normalized spacial score (nSPS) is 12.0. The van der Waals surface area contributed by atoms with Crippen molar-refractivity contribution in [1.82, 2.24) is 15.1 Å². The van der Waals surface area contributed by atoms with Gasteiger partial charge in [0, 0.05) is 25.4 Å². The summed E-state index contributed by atoms with van der Waals surface area (Å²) >= 11 is 0. The van der Waals surface area contributed by atoms with E-state index in [4.69, 9.17) is 0 Å². The average molecular weight is 288 g/mol. The minimum absolute atomic E-state index is 0.141. The molecule has 2 aromatic rings. The highest BCUT2D eigenvalue weighted by molar-refractivity contribution is 5.88. The van der Waals surface area contributed by atoms with Crippen molar-refractivity contribution >= 4 is 11.8 Å². The van der Waals surface area contributed by atoms with Gasteiger partial charge in [-0.25, -0.2) is 4.79 Å². The van der Waals surface area contributed by atoms with E-state index >= 15 is 0 Å². The number of amides is 2. The molecule has 1 atom stereocenters. The summed E-state index contributed by atoms with van der Waals surface area (Å²) in [7, 11) is 1.81. The Balaban J connectivity index is 1.88. The SMILES string of the molecule is Cc1ccccc1C(O)CNC(=O)Nc1cc(C)n(C)n1. The molecule has 0 saturated carbocycles. The molecule has 6 nitrogen and oxygen atoms in total. The summed E-state index contributed by atoms with van der Waals surface area (Å²) in [5.74, 6) is 0.484. The van der Waals surface area contributed by atoms with Crippen LogP contribution < -0.4 is 10.6 Å². The number of urea groups is 1. The highest BCUT2D eigenvalue weighted by atomic mass is 16.3. The topological polar surface area (TPSA) is 79.2 Å². The van der Waals surface area contributed by atoms with Crippen LogP contribution in [0.5, 0.6) is 0 Å². The number of aromatic nitrogens is 2. The lowest BCUT2D eigenvalue weighted by atomic mass is 10.0. The van der Waals surface area contributed by atoms with E-state index in [-0.39, 0.29) is 12.6 Å². The van der Waals surface area contributed by atoms with Gasteiger partial charge in [0.2, 0.25) is 0 Å². The fraction of sp³-hybridized carbons (Fsp3) is 0.333. The van der Waals surface area contributed by atoms with Crippen molar-refractivity contribution in [2.75, 3.05) is 11.9 Å². The molecule has 0 spiro atoms. The summed E-state index contributed by atoms with van der Waals surface area (Å²) in [6, 6.07) is 8.94. The quantitative estimate of drug-likeness (QED) is 0.804. The molecule has 2 rings (SSSR count). The van der Waals surface area contributed by atoms with E-state index in [0.717, 1.165) is 16.8 Å². The number of benzene rings is 1. The molecule has 2 amide bonds. The number of nitrogens with zero attached hydrogens (tertiary/aromatic N) is 2. The highest BCUT2D eigenvalue weighted by Crippen LogP contribution is 2.16. The second kappa shape index (κ2) is 6.41. The van der Waals surface area contributed by atoms with Gasteiger partial charge >= 0.3 is 6.03 Å². The Bertz CT molecular complexity index is 617. The van der Waals surface area contributed by atoms with Crippen LogP contribution in [0.1, 0.15) is 22.9 Å². The number of aliphatic hydroxyl groups is 1. The lowest BCUT2D eigenvalue weighted by Crippen LogP contribution is -2.32. The molecule has 3 N–H and O–H groups in total. The second-order valence-electron chi connectivity index (χ2n) is 5.00. The highest BCUT2D eigenvalue weighted by Gasteiger charge is 2.12. The van der Waals surface area contributed by atoms with E-state index in [1.807, 2.05) is 38.1 Å². The monoisotopic (exact) mass is 288 g/mol. The minimum atomic E-state index is -0.734. The van der Waals surface area contributed by atoms with Crippen LogP contribution in [0, 0.1) is 13.8 Å². The molecule has 0 aliphatic heterocycles. The first-order valence-electron chi connectivity index (χ1n) is 6.76. The van der Waals surface area contributed by atoms with Crippen molar-refractivity contribution in [2.24, 2.45) is 7.05 Å². The van der Waals surface area contributed by atoms with Crippen LogP contribution in [0.2, 0.25) is 0 Å². The van der Waals surface area contributed by atoms with Crippen LogP contribution in [0.15, 0.2) is 30.3 Å². The van der Waals surface area contributed by atoms with Crippen LogP contribution in [-0.2, 0) is 7.05 Å². The molecule has 1 aromatic carbocycles. The molecule has 0 radical (unpaired) electrons. The molecule has 0 fully saturated rings. The van der Waals surface area contributed by atoms with Crippen LogP contribution >= 0.6 is 0 Å². The maximum absolute atomic E-state index is 11.8. The minimum Gasteiger partial charge on any atom is -0.387 e. The van der Waals surface area contributed by atoms with Gasteiger partial charge in [0.15, 0.2) is 5.82 Å². The zero-order chi connectivity index (χ0) is 15.4. The van der Waals surface area contributed by atoms with Crippen LogP contribution in [-0.4, -0.2) is 27.5 Å². The Kier molecular flexibility index (Phi) is 4.59. The predicted molar refractivity (Wildman–Crippen MR) is 81.1 cm³/mol. The van der Waals surface area contributed by atoms with E-state index in [1.165, 1.54) is 0 Å². The van der Waals surface area contributed by atoms with Gasteiger partial charge in [0.25, 0.3) is 0 Å². The Morgan fingerprint density at radius 1 is 1.38 bits per heavy atom. The lowest BCUT2D eigenvalue weighted by Gasteiger charge is -2.14. The number of hydrogen-bond donors (Lipinski definition) is 3. The van der Waals surface area contributed by atoms with Crippen molar-refractivity contribution in [1.29, 1.82) is 0 Å². The van der Waals surface area contributed by atoms with Gasteiger partial charge in [0.05, 0.1) is 6.10 Å². The summed E-state index contributed by atoms with van der Waals surface area (Å²) in [4.78, 5) is 11.8. The fourth-order valence-corrected chi connectivity index (χ4v) is 2.04. The lowest BCUT2D eigenvalue weighted by molar-refractivity contribution is 0.174. The van der Waals surface area contributed by atoms with E-state index in [1.54, 1.807) is 17.8 Å². The fourth-order valence-electron chi connectivity index (χ4n) is 2.04. The Morgan fingerprint density at radius 2 is 2.10 bits per heavy atom. The van der Waals surface area contributed by atoms with Crippen molar-refractivity contribution in [3.05, 3.63) is 47.2 Å².